The molecule has 1 aromatic heterocycles. The quantitative estimate of drug-likeness (QED) is 0.291. The molecule has 36 heavy (non-hydrogen) atoms. The summed E-state index contributed by atoms with van der Waals surface area (Å²) in [5.74, 6) is -0.198. The highest BCUT2D eigenvalue weighted by Gasteiger charge is 2.36. The second-order valence-electron chi connectivity index (χ2n) is 8.47. The molecular weight excluding hydrogens is 493 g/mol. The van der Waals surface area contributed by atoms with Gasteiger partial charge in [-0.2, -0.15) is 13.2 Å². The number of thiazole rings is 1. The van der Waals surface area contributed by atoms with Crippen molar-refractivity contribution in [3.8, 4) is 16.2 Å². The number of benzene rings is 2. The van der Waals surface area contributed by atoms with Gasteiger partial charge >= 0.3 is 12.3 Å². The van der Waals surface area contributed by atoms with E-state index >= 15 is 0 Å². The zero-order valence-corrected chi connectivity index (χ0v) is 20.4. The first kappa shape index (κ1) is 26.0. The summed E-state index contributed by atoms with van der Waals surface area (Å²) >= 11 is 1.11. The van der Waals surface area contributed by atoms with Crippen molar-refractivity contribution >= 4 is 17.4 Å². The first-order valence-corrected chi connectivity index (χ1v) is 12.6. The fourth-order valence-corrected chi connectivity index (χ4v) is 5.02. The Balaban J connectivity index is 1.35. The van der Waals surface area contributed by atoms with Gasteiger partial charge in [0.2, 0.25) is 0 Å². The van der Waals surface area contributed by atoms with Gasteiger partial charge in [-0.25, -0.2) is 9.78 Å². The number of hydrogen-bond acceptors (Lipinski definition) is 5. The SMILES string of the molecule is O=C(O)N1CCOC1c1ncc(-c2ccc(OCCCCCCc3ccccc3)c(C(F)(F)F)c2)s1. The molecule has 3 aromatic rings. The number of aryl methyl sites for hydroxylation is 1. The number of nitrogens with zero attached hydrogens (tertiary/aromatic N) is 2. The second-order valence-corrected chi connectivity index (χ2v) is 9.53. The molecule has 0 aliphatic carbocycles. The third-order valence-corrected chi connectivity index (χ3v) is 6.98. The van der Waals surface area contributed by atoms with Crippen LogP contribution in [0.1, 0.15) is 48.0 Å². The summed E-state index contributed by atoms with van der Waals surface area (Å²) in [4.78, 5) is 17.2. The third-order valence-electron chi connectivity index (χ3n) is 5.90. The molecule has 1 aliphatic rings. The van der Waals surface area contributed by atoms with Gasteiger partial charge in [-0.05, 0) is 48.6 Å². The summed E-state index contributed by atoms with van der Waals surface area (Å²) < 4.78 is 52.3. The van der Waals surface area contributed by atoms with Gasteiger partial charge < -0.3 is 14.6 Å². The topological polar surface area (TPSA) is 71.9 Å². The molecule has 4 rings (SSSR count). The van der Waals surface area contributed by atoms with Gasteiger partial charge in [-0.15, -0.1) is 11.3 Å². The fraction of sp³-hybridized carbons (Fsp3) is 0.385. The number of carboxylic acid groups (broad SMARTS) is 1. The minimum Gasteiger partial charge on any atom is -0.493 e. The zero-order valence-electron chi connectivity index (χ0n) is 19.5. The van der Waals surface area contributed by atoms with E-state index in [0.717, 1.165) is 48.0 Å². The monoisotopic (exact) mass is 520 g/mol. The average molecular weight is 521 g/mol. The number of aromatic nitrogens is 1. The maximum absolute atomic E-state index is 13.8. The smallest absolute Gasteiger partial charge is 0.419 e. The van der Waals surface area contributed by atoms with Crippen LogP contribution in [-0.4, -0.2) is 40.8 Å². The standard InChI is InChI=1S/C26H27F3N2O4S/c27-26(28,29)20-16-19(22-17-30-23(36-22)24-31(25(32)33)13-15-35-24)11-12-21(20)34-14-7-2-1-4-8-18-9-5-3-6-10-18/h3,5-6,9-12,16-17,24H,1-2,4,7-8,13-15H2,(H,32,33). The largest absolute Gasteiger partial charge is 0.493 e. The van der Waals surface area contributed by atoms with Crippen LogP contribution in [0.5, 0.6) is 5.75 Å². The molecule has 1 amide bonds. The molecule has 6 nitrogen and oxygen atoms in total. The molecule has 1 saturated heterocycles. The lowest BCUT2D eigenvalue weighted by Gasteiger charge is -2.17. The Morgan fingerprint density at radius 1 is 1.14 bits per heavy atom. The lowest BCUT2D eigenvalue weighted by atomic mass is 10.1. The normalized spacial score (nSPS) is 15.9. The number of ether oxygens (including phenoxy) is 2. The summed E-state index contributed by atoms with van der Waals surface area (Å²) in [6, 6.07) is 14.1. The van der Waals surface area contributed by atoms with Crippen molar-refractivity contribution in [2.45, 2.75) is 44.5 Å². The van der Waals surface area contributed by atoms with Crippen LogP contribution in [0, 0.1) is 0 Å². The van der Waals surface area contributed by atoms with Gasteiger partial charge in [0.1, 0.15) is 10.8 Å². The molecule has 1 aliphatic heterocycles. The number of halogens is 3. The molecule has 1 unspecified atom stereocenters. The highest BCUT2D eigenvalue weighted by molar-refractivity contribution is 7.15. The average Bonchev–Trinajstić information content (AvgIpc) is 3.53. The van der Waals surface area contributed by atoms with Crippen LogP contribution in [0.25, 0.3) is 10.4 Å². The molecular formula is C26H27F3N2O4S. The van der Waals surface area contributed by atoms with E-state index in [0.29, 0.717) is 21.9 Å². The van der Waals surface area contributed by atoms with E-state index in [1.54, 1.807) is 6.07 Å². The highest BCUT2D eigenvalue weighted by atomic mass is 32.1. The zero-order chi connectivity index (χ0) is 25.5. The number of amides is 1. The molecule has 10 heteroatoms. The first-order chi connectivity index (χ1) is 17.3. The summed E-state index contributed by atoms with van der Waals surface area (Å²) in [6.07, 6.45) is -0.566. The van der Waals surface area contributed by atoms with Gasteiger partial charge in [-0.1, -0.05) is 43.2 Å². The van der Waals surface area contributed by atoms with E-state index in [1.165, 1.54) is 17.8 Å². The van der Waals surface area contributed by atoms with Crippen molar-refractivity contribution in [2.24, 2.45) is 0 Å². The van der Waals surface area contributed by atoms with Crippen LogP contribution in [0.15, 0.2) is 54.7 Å². The van der Waals surface area contributed by atoms with Crippen LogP contribution in [0.4, 0.5) is 18.0 Å². The van der Waals surface area contributed by atoms with E-state index in [2.05, 4.69) is 17.1 Å². The van der Waals surface area contributed by atoms with Gasteiger partial charge in [0.15, 0.2) is 6.23 Å². The predicted molar refractivity (Wildman–Crippen MR) is 130 cm³/mol. The van der Waals surface area contributed by atoms with Gasteiger partial charge in [0, 0.05) is 6.20 Å². The highest BCUT2D eigenvalue weighted by Crippen LogP contribution is 2.41. The second kappa shape index (κ2) is 11.7. The van der Waals surface area contributed by atoms with Crippen molar-refractivity contribution in [1.82, 2.24) is 9.88 Å². The third kappa shape index (κ3) is 6.55. The Labute approximate surface area is 211 Å². The Kier molecular flexibility index (Phi) is 8.48. The summed E-state index contributed by atoms with van der Waals surface area (Å²) in [7, 11) is 0. The number of hydrogen-bond donors (Lipinski definition) is 1. The van der Waals surface area contributed by atoms with E-state index in [1.807, 2.05) is 18.2 Å². The molecule has 0 saturated carbocycles. The predicted octanol–water partition coefficient (Wildman–Crippen LogP) is 7.02. The van der Waals surface area contributed by atoms with E-state index in [-0.39, 0.29) is 25.5 Å². The van der Waals surface area contributed by atoms with Gasteiger partial charge in [0.25, 0.3) is 0 Å². The maximum Gasteiger partial charge on any atom is 0.419 e. The molecule has 1 N–H and O–H groups in total. The Hall–Kier alpha value is -3.11. The van der Waals surface area contributed by atoms with E-state index in [9.17, 15) is 23.1 Å². The van der Waals surface area contributed by atoms with Crippen molar-refractivity contribution in [3.63, 3.8) is 0 Å². The van der Waals surface area contributed by atoms with Crippen molar-refractivity contribution < 1.29 is 32.5 Å². The number of carbonyl (C=O) groups is 1. The van der Waals surface area contributed by atoms with Crippen LogP contribution < -0.4 is 4.74 Å². The Morgan fingerprint density at radius 3 is 2.67 bits per heavy atom. The fourth-order valence-electron chi connectivity index (χ4n) is 4.05. The van der Waals surface area contributed by atoms with Crippen LogP contribution in [0.2, 0.25) is 0 Å². The van der Waals surface area contributed by atoms with Gasteiger partial charge in [0.05, 0.1) is 30.2 Å². The first-order valence-electron chi connectivity index (χ1n) is 11.8. The summed E-state index contributed by atoms with van der Waals surface area (Å²) in [5, 5.41) is 9.67. The Bertz CT molecular complexity index is 1150. The number of rotatable bonds is 10. The van der Waals surface area contributed by atoms with Crippen molar-refractivity contribution in [1.29, 1.82) is 0 Å². The summed E-state index contributed by atoms with van der Waals surface area (Å²) in [6.45, 7) is 0.665. The molecule has 192 valence electrons. The minimum atomic E-state index is -4.58. The van der Waals surface area contributed by atoms with E-state index in [4.69, 9.17) is 9.47 Å². The number of alkyl halides is 3. The molecule has 0 spiro atoms. The lowest BCUT2D eigenvalue weighted by Crippen LogP contribution is -2.29. The Morgan fingerprint density at radius 2 is 1.92 bits per heavy atom. The molecule has 2 heterocycles. The maximum atomic E-state index is 13.8. The number of unbranched alkanes of at least 4 members (excludes halogenated alkanes) is 3. The molecule has 1 fully saturated rings. The molecule has 0 radical (unpaired) electrons. The van der Waals surface area contributed by atoms with Crippen LogP contribution >= 0.6 is 11.3 Å². The van der Waals surface area contributed by atoms with Crippen LogP contribution in [0.3, 0.4) is 0 Å². The molecule has 2 aromatic carbocycles. The lowest BCUT2D eigenvalue weighted by molar-refractivity contribution is -0.138. The minimum absolute atomic E-state index is 0.198. The van der Waals surface area contributed by atoms with Crippen molar-refractivity contribution in [3.05, 3.63) is 70.9 Å². The molecule has 0 bridgehead atoms. The molecule has 1 atom stereocenters. The van der Waals surface area contributed by atoms with E-state index < -0.39 is 24.1 Å². The van der Waals surface area contributed by atoms with Gasteiger partial charge in [-0.3, -0.25) is 4.90 Å². The van der Waals surface area contributed by atoms with Crippen LogP contribution in [-0.2, 0) is 17.3 Å². The summed E-state index contributed by atoms with van der Waals surface area (Å²) in [5.41, 5.74) is 0.772. The van der Waals surface area contributed by atoms with Crippen molar-refractivity contribution in [2.75, 3.05) is 19.8 Å².